The zero-order valence-corrected chi connectivity index (χ0v) is 18.0. The second-order valence-corrected chi connectivity index (χ2v) is 8.41. The third-order valence-electron chi connectivity index (χ3n) is 4.74. The number of rotatable bonds is 3. The van der Waals surface area contributed by atoms with Crippen molar-refractivity contribution in [2.45, 2.75) is 18.8 Å². The van der Waals surface area contributed by atoms with E-state index in [1.165, 1.54) is 5.01 Å². The van der Waals surface area contributed by atoms with Gasteiger partial charge in [0.05, 0.1) is 16.8 Å². The summed E-state index contributed by atoms with van der Waals surface area (Å²) < 4.78 is 0. The maximum absolute atomic E-state index is 10.5. The molecule has 1 aliphatic heterocycles. The fourth-order valence-corrected chi connectivity index (χ4v) is 5.57. The highest BCUT2D eigenvalue weighted by atomic mass is 35.5. The molecule has 0 atom stereocenters. The van der Waals surface area contributed by atoms with E-state index in [0.29, 0.717) is 5.92 Å². The molecule has 1 saturated heterocycles. The van der Waals surface area contributed by atoms with Crippen molar-refractivity contribution in [1.82, 2.24) is 25.5 Å². The Labute approximate surface area is 182 Å². The smallest absolute Gasteiger partial charge is 0.155 e. The summed E-state index contributed by atoms with van der Waals surface area (Å²) in [6, 6.07) is 5.64. The van der Waals surface area contributed by atoms with Gasteiger partial charge in [0.15, 0.2) is 9.66 Å². The number of fused-ring (bicyclic) bond motifs is 1. The molecule has 28 heavy (non-hydrogen) atoms. The number of H-pyrrole nitrogens is 1. The molecule has 0 spiro atoms. The summed E-state index contributed by atoms with van der Waals surface area (Å²) in [5.74, 6) is 0.775. The van der Waals surface area contributed by atoms with Gasteiger partial charge in [-0.3, -0.25) is 5.10 Å². The van der Waals surface area contributed by atoms with Gasteiger partial charge in [0, 0.05) is 17.7 Å². The number of thiazole rings is 2. The first-order chi connectivity index (χ1) is 12.8. The van der Waals surface area contributed by atoms with Crippen LogP contribution < -0.4 is 5.32 Å². The zero-order valence-electron chi connectivity index (χ0n) is 14.7. The number of phenolic OH excluding ortho intramolecular Hbond substituents is 1. The SMILES string of the molecule is Cl.Cl.Oc1cc(-c2cn[nH]c2)ccc1-c1nc2sc(C3CCNCC3)nc2s1. The third-order valence-corrected chi connectivity index (χ3v) is 6.96. The second kappa shape index (κ2) is 8.75. The van der Waals surface area contributed by atoms with Crippen LogP contribution in [-0.4, -0.2) is 38.4 Å². The van der Waals surface area contributed by atoms with E-state index in [-0.39, 0.29) is 30.6 Å². The first kappa shape index (κ1) is 21.0. The van der Waals surface area contributed by atoms with Crippen LogP contribution in [-0.2, 0) is 0 Å². The largest absolute Gasteiger partial charge is 0.507 e. The molecule has 0 saturated carbocycles. The van der Waals surface area contributed by atoms with E-state index < -0.39 is 0 Å². The number of piperidine rings is 1. The summed E-state index contributed by atoms with van der Waals surface area (Å²) >= 11 is 3.24. The van der Waals surface area contributed by atoms with Crippen LogP contribution in [0.15, 0.2) is 30.6 Å². The van der Waals surface area contributed by atoms with E-state index in [0.717, 1.165) is 57.3 Å². The average molecular weight is 456 g/mol. The Morgan fingerprint density at radius 3 is 2.46 bits per heavy atom. The number of hydrogen-bond acceptors (Lipinski definition) is 7. The van der Waals surface area contributed by atoms with Crippen molar-refractivity contribution >= 4 is 57.1 Å². The lowest BCUT2D eigenvalue weighted by atomic mass is 9.99. The highest BCUT2D eigenvalue weighted by Crippen LogP contribution is 2.40. The van der Waals surface area contributed by atoms with Crippen LogP contribution in [0.1, 0.15) is 23.8 Å². The number of aromatic nitrogens is 4. The van der Waals surface area contributed by atoms with Gasteiger partial charge < -0.3 is 10.4 Å². The molecule has 0 radical (unpaired) electrons. The van der Waals surface area contributed by atoms with E-state index in [4.69, 9.17) is 9.97 Å². The van der Waals surface area contributed by atoms with Gasteiger partial charge in [-0.1, -0.05) is 28.7 Å². The summed E-state index contributed by atoms with van der Waals surface area (Å²) in [7, 11) is 0. The molecule has 4 heterocycles. The first-order valence-electron chi connectivity index (χ1n) is 8.58. The molecular formula is C18H19Cl2N5OS2. The topological polar surface area (TPSA) is 86.7 Å². The van der Waals surface area contributed by atoms with Crippen molar-refractivity contribution in [3.05, 3.63) is 35.6 Å². The number of nitrogens with zero attached hydrogens (tertiary/aromatic N) is 3. The Hall–Kier alpha value is -1.71. The van der Waals surface area contributed by atoms with Gasteiger partial charge in [-0.25, -0.2) is 9.97 Å². The van der Waals surface area contributed by atoms with Crippen LogP contribution in [0.3, 0.4) is 0 Å². The summed E-state index contributed by atoms with van der Waals surface area (Å²) in [6.07, 6.45) is 5.83. The molecule has 3 N–H and O–H groups in total. The average Bonchev–Trinajstić information content (AvgIpc) is 3.38. The zero-order chi connectivity index (χ0) is 17.5. The molecule has 0 bridgehead atoms. The lowest BCUT2D eigenvalue weighted by Gasteiger charge is -2.20. The van der Waals surface area contributed by atoms with E-state index >= 15 is 0 Å². The molecular weight excluding hydrogens is 437 g/mol. The highest BCUT2D eigenvalue weighted by molar-refractivity contribution is 7.28. The summed E-state index contributed by atoms with van der Waals surface area (Å²) in [4.78, 5) is 11.5. The van der Waals surface area contributed by atoms with Crippen molar-refractivity contribution in [3.8, 4) is 27.4 Å². The molecule has 1 fully saturated rings. The normalized spacial score (nSPS) is 14.6. The van der Waals surface area contributed by atoms with Crippen molar-refractivity contribution in [2.75, 3.05) is 13.1 Å². The molecule has 5 rings (SSSR count). The minimum Gasteiger partial charge on any atom is -0.507 e. The number of phenols is 1. The molecule has 6 nitrogen and oxygen atoms in total. The number of nitrogens with one attached hydrogen (secondary N) is 2. The lowest BCUT2D eigenvalue weighted by Crippen LogP contribution is -2.26. The van der Waals surface area contributed by atoms with Crippen molar-refractivity contribution in [1.29, 1.82) is 0 Å². The lowest BCUT2D eigenvalue weighted by molar-refractivity contribution is 0.459. The highest BCUT2D eigenvalue weighted by Gasteiger charge is 2.21. The molecule has 0 unspecified atom stereocenters. The number of aromatic amines is 1. The van der Waals surface area contributed by atoms with Gasteiger partial charge in [0.25, 0.3) is 0 Å². The van der Waals surface area contributed by atoms with E-state index in [2.05, 4.69) is 15.5 Å². The Balaban J connectivity index is 0.00000112. The van der Waals surface area contributed by atoms with E-state index in [9.17, 15) is 5.11 Å². The minimum atomic E-state index is 0. The van der Waals surface area contributed by atoms with Gasteiger partial charge in [-0.15, -0.1) is 24.8 Å². The van der Waals surface area contributed by atoms with Crippen LogP contribution in [0.5, 0.6) is 5.75 Å². The molecule has 4 aromatic rings. The molecule has 0 aliphatic carbocycles. The van der Waals surface area contributed by atoms with Gasteiger partial charge in [-0.2, -0.15) is 5.10 Å². The molecule has 0 amide bonds. The number of hydrogen-bond donors (Lipinski definition) is 3. The molecule has 10 heteroatoms. The fourth-order valence-electron chi connectivity index (χ4n) is 3.32. The van der Waals surface area contributed by atoms with Gasteiger partial charge >= 0.3 is 0 Å². The predicted octanol–water partition coefficient (Wildman–Crippen LogP) is 4.83. The van der Waals surface area contributed by atoms with Crippen LogP contribution in [0.25, 0.3) is 31.4 Å². The number of aromatic hydroxyl groups is 1. The van der Waals surface area contributed by atoms with Gasteiger partial charge in [-0.05, 0) is 43.6 Å². The molecule has 3 aromatic heterocycles. The van der Waals surface area contributed by atoms with E-state index in [1.54, 1.807) is 41.1 Å². The quantitative estimate of drug-likeness (QED) is 0.411. The van der Waals surface area contributed by atoms with Crippen LogP contribution in [0, 0.1) is 0 Å². The minimum absolute atomic E-state index is 0. The van der Waals surface area contributed by atoms with Crippen molar-refractivity contribution in [2.24, 2.45) is 0 Å². The number of halogens is 2. The van der Waals surface area contributed by atoms with Crippen molar-refractivity contribution < 1.29 is 5.11 Å². The van der Waals surface area contributed by atoms with E-state index in [1.807, 2.05) is 12.1 Å². The summed E-state index contributed by atoms with van der Waals surface area (Å²) in [6.45, 7) is 2.13. The standard InChI is InChI=1S/C18H17N5OS2.2ClH/c24-14-7-11(12-8-20-21-9-12)1-2-13(14)16-23-18-17(26-16)22-15(25-18)10-3-5-19-6-4-10;;/h1-2,7-10,19,24H,3-6H2,(H,20,21);2*1H. The number of benzene rings is 1. The van der Waals surface area contributed by atoms with Crippen LogP contribution >= 0.6 is 47.5 Å². The fraction of sp³-hybridized carbons (Fsp3) is 0.278. The first-order valence-corrected chi connectivity index (χ1v) is 10.2. The molecule has 1 aromatic carbocycles. The van der Waals surface area contributed by atoms with Gasteiger partial charge in [0.2, 0.25) is 0 Å². The second-order valence-electron chi connectivity index (χ2n) is 6.42. The van der Waals surface area contributed by atoms with Crippen LogP contribution in [0.4, 0.5) is 0 Å². The third kappa shape index (κ3) is 3.88. The van der Waals surface area contributed by atoms with Gasteiger partial charge in [0.1, 0.15) is 10.8 Å². The summed E-state index contributed by atoms with van der Waals surface area (Å²) in [5, 5.41) is 22.6. The Morgan fingerprint density at radius 2 is 1.79 bits per heavy atom. The predicted molar refractivity (Wildman–Crippen MR) is 119 cm³/mol. The van der Waals surface area contributed by atoms with Crippen LogP contribution in [0.2, 0.25) is 0 Å². The Morgan fingerprint density at radius 1 is 1.00 bits per heavy atom. The van der Waals surface area contributed by atoms with Crippen molar-refractivity contribution in [3.63, 3.8) is 0 Å². The maximum atomic E-state index is 10.5. The Bertz CT molecular complexity index is 1030. The monoisotopic (exact) mass is 455 g/mol. The summed E-state index contributed by atoms with van der Waals surface area (Å²) in [5.41, 5.74) is 2.61. The molecule has 1 aliphatic rings. The maximum Gasteiger partial charge on any atom is 0.155 e. The molecule has 148 valence electrons. The Kier molecular flexibility index (Phi) is 6.57.